The summed E-state index contributed by atoms with van der Waals surface area (Å²) in [6, 6.07) is 10.5. The standard InChI is InChI=1S/C16H18N2O4/c1-12(19)18(13-5-3-6-14(9-13)21-2)11-16(20)17-10-15-7-4-8-22-15/h3-9H,10-11H2,1-2H3,(H,17,20). The predicted molar refractivity (Wildman–Crippen MR) is 81.6 cm³/mol. The molecule has 2 aromatic rings. The Morgan fingerprint density at radius 2 is 2.09 bits per heavy atom. The molecule has 22 heavy (non-hydrogen) atoms. The van der Waals surface area contributed by atoms with E-state index in [9.17, 15) is 9.59 Å². The lowest BCUT2D eigenvalue weighted by atomic mass is 10.2. The van der Waals surface area contributed by atoms with Crippen molar-refractivity contribution >= 4 is 17.5 Å². The van der Waals surface area contributed by atoms with Crippen LogP contribution < -0.4 is 15.0 Å². The molecule has 0 aliphatic carbocycles. The molecule has 2 rings (SSSR count). The van der Waals surface area contributed by atoms with Crippen LogP contribution in [0.15, 0.2) is 47.1 Å². The molecule has 1 N–H and O–H groups in total. The molecule has 116 valence electrons. The van der Waals surface area contributed by atoms with E-state index in [-0.39, 0.29) is 24.9 Å². The molecule has 6 heteroatoms. The van der Waals surface area contributed by atoms with Gasteiger partial charge in [-0.15, -0.1) is 0 Å². The highest BCUT2D eigenvalue weighted by Crippen LogP contribution is 2.20. The van der Waals surface area contributed by atoms with Gasteiger partial charge in [0.1, 0.15) is 18.1 Å². The molecule has 1 heterocycles. The van der Waals surface area contributed by atoms with E-state index in [0.29, 0.717) is 17.2 Å². The van der Waals surface area contributed by atoms with Crippen LogP contribution in [0.5, 0.6) is 5.75 Å². The van der Waals surface area contributed by atoms with E-state index in [1.54, 1.807) is 49.8 Å². The highest BCUT2D eigenvalue weighted by atomic mass is 16.5. The van der Waals surface area contributed by atoms with E-state index < -0.39 is 0 Å². The van der Waals surface area contributed by atoms with E-state index >= 15 is 0 Å². The van der Waals surface area contributed by atoms with Crippen molar-refractivity contribution in [2.45, 2.75) is 13.5 Å². The summed E-state index contributed by atoms with van der Waals surface area (Å²) in [5.74, 6) is 0.791. The van der Waals surface area contributed by atoms with Gasteiger partial charge in [0, 0.05) is 18.7 Å². The first-order chi connectivity index (χ1) is 10.6. The summed E-state index contributed by atoms with van der Waals surface area (Å²) in [5.41, 5.74) is 0.611. The van der Waals surface area contributed by atoms with Crippen molar-refractivity contribution in [2.75, 3.05) is 18.6 Å². The average Bonchev–Trinajstić information content (AvgIpc) is 3.03. The largest absolute Gasteiger partial charge is 0.497 e. The number of hydrogen-bond donors (Lipinski definition) is 1. The zero-order valence-corrected chi connectivity index (χ0v) is 12.5. The van der Waals surface area contributed by atoms with Gasteiger partial charge in [-0.3, -0.25) is 9.59 Å². The molecule has 2 amide bonds. The molecule has 1 aromatic carbocycles. The first-order valence-electron chi connectivity index (χ1n) is 6.81. The molecular formula is C16H18N2O4. The first kappa shape index (κ1) is 15.6. The average molecular weight is 302 g/mol. The van der Waals surface area contributed by atoms with Crippen LogP contribution in [0.25, 0.3) is 0 Å². The fourth-order valence-electron chi connectivity index (χ4n) is 1.96. The van der Waals surface area contributed by atoms with Gasteiger partial charge in [0.25, 0.3) is 0 Å². The highest BCUT2D eigenvalue weighted by molar-refractivity contribution is 5.97. The van der Waals surface area contributed by atoms with Gasteiger partial charge >= 0.3 is 0 Å². The number of benzene rings is 1. The van der Waals surface area contributed by atoms with Gasteiger partial charge in [-0.1, -0.05) is 6.07 Å². The number of ether oxygens (including phenoxy) is 1. The zero-order valence-electron chi connectivity index (χ0n) is 12.5. The molecular weight excluding hydrogens is 284 g/mol. The number of carbonyl (C=O) groups excluding carboxylic acids is 2. The third kappa shape index (κ3) is 4.12. The fraction of sp³-hybridized carbons (Fsp3) is 0.250. The van der Waals surface area contributed by atoms with E-state index in [4.69, 9.17) is 9.15 Å². The van der Waals surface area contributed by atoms with E-state index in [0.717, 1.165) is 0 Å². The highest BCUT2D eigenvalue weighted by Gasteiger charge is 2.16. The van der Waals surface area contributed by atoms with Gasteiger partial charge in [0.2, 0.25) is 11.8 Å². The Kier molecular flexibility index (Phi) is 5.19. The number of rotatable bonds is 6. The lowest BCUT2D eigenvalue weighted by Crippen LogP contribution is -2.39. The minimum Gasteiger partial charge on any atom is -0.497 e. The van der Waals surface area contributed by atoms with E-state index in [2.05, 4.69) is 5.32 Å². The topological polar surface area (TPSA) is 71.8 Å². The van der Waals surface area contributed by atoms with Crippen molar-refractivity contribution in [3.05, 3.63) is 48.4 Å². The Morgan fingerprint density at radius 1 is 1.27 bits per heavy atom. The summed E-state index contributed by atoms with van der Waals surface area (Å²) in [6.45, 7) is 1.64. The number of nitrogens with zero attached hydrogens (tertiary/aromatic N) is 1. The van der Waals surface area contributed by atoms with Crippen molar-refractivity contribution in [1.82, 2.24) is 5.32 Å². The normalized spacial score (nSPS) is 10.1. The van der Waals surface area contributed by atoms with E-state index in [1.165, 1.54) is 11.8 Å². The number of methoxy groups -OCH3 is 1. The second-order valence-corrected chi connectivity index (χ2v) is 4.66. The van der Waals surface area contributed by atoms with Crippen LogP contribution in [0.2, 0.25) is 0 Å². The van der Waals surface area contributed by atoms with Gasteiger partial charge in [-0.25, -0.2) is 0 Å². The molecule has 0 bridgehead atoms. The summed E-state index contributed by atoms with van der Waals surface area (Å²) in [5, 5.41) is 2.71. The second-order valence-electron chi connectivity index (χ2n) is 4.66. The maximum Gasteiger partial charge on any atom is 0.240 e. The van der Waals surface area contributed by atoms with Crippen LogP contribution in [0.1, 0.15) is 12.7 Å². The predicted octanol–water partition coefficient (Wildman–Crippen LogP) is 1.96. The Labute approximate surface area is 128 Å². The Balaban J connectivity index is 2.01. The minimum atomic E-state index is -0.269. The zero-order chi connectivity index (χ0) is 15.9. The summed E-state index contributed by atoms with van der Waals surface area (Å²) in [7, 11) is 1.55. The Morgan fingerprint density at radius 3 is 2.73 bits per heavy atom. The van der Waals surface area contributed by atoms with Crippen molar-refractivity contribution in [3.63, 3.8) is 0 Å². The van der Waals surface area contributed by atoms with Gasteiger partial charge in [0.05, 0.1) is 19.9 Å². The molecule has 0 fully saturated rings. The number of hydrogen-bond acceptors (Lipinski definition) is 4. The molecule has 0 unspecified atom stereocenters. The lowest BCUT2D eigenvalue weighted by Gasteiger charge is -2.21. The van der Waals surface area contributed by atoms with Crippen LogP contribution in [0.4, 0.5) is 5.69 Å². The van der Waals surface area contributed by atoms with Crippen LogP contribution in [-0.2, 0) is 16.1 Å². The van der Waals surface area contributed by atoms with Crippen molar-refractivity contribution < 1.29 is 18.7 Å². The maximum atomic E-state index is 12.0. The summed E-state index contributed by atoms with van der Waals surface area (Å²) < 4.78 is 10.3. The van der Waals surface area contributed by atoms with Crippen LogP contribution >= 0.6 is 0 Å². The molecule has 6 nitrogen and oxygen atoms in total. The molecule has 0 atom stereocenters. The Bertz CT molecular complexity index is 637. The summed E-state index contributed by atoms with van der Waals surface area (Å²) >= 11 is 0. The maximum absolute atomic E-state index is 12.0. The van der Waals surface area contributed by atoms with Crippen molar-refractivity contribution in [1.29, 1.82) is 0 Å². The number of amides is 2. The third-order valence-electron chi connectivity index (χ3n) is 3.09. The molecule has 0 saturated heterocycles. The molecule has 0 spiro atoms. The monoisotopic (exact) mass is 302 g/mol. The molecule has 0 radical (unpaired) electrons. The van der Waals surface area contributed by atoms with Crippen LogP contribution in [0.3, 0.4) is 0 Å². The number of carbonyl (C=O) groups is 2. The van der Waals surface area contributed by atoms with Gasteiger partial charge in [-0.05, 0) is 24.3 Å². The molecule has 1 aromatic heterocycles. The van der Waals surface area contributed by atoms with Crippen molar-refractivity contribution in [2.24, 2.45) is 0 Å². The lowest BCUT2D eigenvalue weighted by molar-refractivity contribution is -0.123. The van der Waals surface area contributed by atoms with E-state index in [1.807, 2.05) is 0 Å². The Hall–Kier alpha value is -2.76. The van der Waals surface area contributed by atoms with Gasteiger partial charge in [0.15, 0.2) is 0 Å². The summed E-state index contributed by atoms with van der Waals surface area (Å²) in [6.07, 6.45) is 1.54. The van der Waals surface area contributed by atoms with Crippen LogP contribution in [0, 0.1) is 0 Å². The number of nitrogens with one attached hydrogen (secondary N) is 1. The quantitative estimate of drug-likeness (QED) is 0.885. The molecule has 0 aliphatic rings. The summed E-state index contributed by atoms with van der Waals surface area (Å²) in [4.78, 5) is 25.2. The first-order valence-corrected chi connectivity index (χ1v) is 6.81. The molecule has 0 aliphatic heterocycles. The SMILES string of the molecule is COc1cccc(N(CC(=O)NCc2ccco2)C(C)=O)c1. The molecule has 0 saturated carbocycles. The van der Waals surface area contributed by atoms with Gasteiger partial charge < -0.3 is 19.4 Å². The number of anilines is 1. The number of furan rings is 1. The van der Waals surface area contributed by atoms with Gasteiger partial charge in [-0.2, -0.15) is 0 Å². The van der Waals surface area contributed by atoms with Crippen molar-refractivity contribution in [3.8, 4) is 5.75 Å². The second kappa shape index (κ2) is 7.31. The third-order valence-corrected chi connectivity index (χ3v) is 3.09. The fourth-order valence-corrected chi connectivity index (χ4v) is 1.96. The van der Waals surface area contributed by atoms with Crippen LogP contribution in [-0.4, -0.2) is 25.5 Å². The minimum absolute atomic E-state index is 0.0663. The smallest absolute Gasteiger partial charge is 0.240 e.